The van der Waals surface area contributed by atoms with Crippen molar-refractivity contribution in [2.75, 3.05) is 13.1 Å². The Morgan fingerprint density at radius 1 is 0.935 bits per heavy atom. The lowest BCUT2D eigenvalue weighted by atomic mass is 10.0. The van der Waals surface area contributed by atoms with Gasteiger partial charge in [0.1, 0.15) is 0 Å². The number of aryl methyl sites for hydroxylation is 3. The van der Waals surface area contributed by atoms with Crippen molar-refractivity contribution in [3.05, 3.63) is 64.2 Å². The molecule has 31 heavy (non-hydrogen) atoms. The number of sulfonamides is 1. The van der Waals surface area contributed by atoms with Crippen LogP contribution in [-0.4, -0.2) is 31.7 Å². The van der Waals surface area contributed by atoms with Crippen molar-refractivity contribution < 1.29 is 13.2 Å². The predicted molar refractivity (Wildman–Crippen MR) is 123 cm³/mol. The smallest absolute Gasteiger partial charge is 0.252 e. The van der Waals surface area contributed by atoms with E-state index in [0.29, 0.717) is 18.7 Å². The summed E-state index contributed by atoms with van der Waals surface area (Å²) in [5, 5.41) is 3.07. The number of amides is 1. The normalized spacial score (nSPS) is 18.3. The lowest BCUT2D eigenvalue weighted by molar-refractivity contribution is 0.0939. The molecule has 1 heterocycles. The number of hydrogen-bond donors (Lipinski definition) is 1. The van der Waals surface area contributed by atoms with Crippen LogP contribution in [0, 0.1) is 6.92 Å². The molecule has 5 nitrogen and oxygen atoms in total. The van der Waals surface area contributed by atoms with Crippen LogP contribution in [0.2, 0.25) is 0 Å². The van der Waals surface area contributed by atoms with Crippen LogP contribution >= 0.6 is 0 Å². The van der Waals surface area contributed by atoms with Crippen molar-refractivity contribution in [1.29, 1.82) is 0 Å². The van der Waals surface area contributed by atoms with Gasteiger partial charge in [-0.3, -0.25) is 4.79 Å². The quantitative estimate of drug-likeness (QED) is 0.742. The average Bonchev–Trinajstić information content (AvgIpc) is 3.04. The average molecular weight is 441 g/mol. The molecule has 2 aromatic carbocycles. The molecule has 1 N–H and O–H groups in total. The molecule has 1 atom stereocenters. The molecule has 0 spiro atoms. The van der Waals surface area contributed by atoms with Crippen LogP contribution in [0.1, 0.15) is 77.7 Å². The van der Waals surface area contributed by atoms with Crippen LogP contribution in [0.3, 0.4) is 0 Å². The molecular weight excluding hydrogens is 408 g/mol. The maximum atomic E-state index is 13.2. The van der Waals surface area contributed by atoms with Gasteiger partial charge in [-0.15, -0.1) is 0 Å². The van der Waals surface area contributed by atoms with E-state index in [9.17, 15) is 13.2 Å². The van der Waals surface area contributed by atoms with E-state index in [0.717, 1.165) is 49.7 Å². The van der Waals surface area contributed by atoms with Crippen molar-refractivity contribution in [3.8, 4) is 0 Å². The lowest BCUT2D eigenvalue weighted by Crippen LogP contribution is -2.32. The summed E-state index contributed by atoms with van der Waals surface area (Å²) in [4.78, 5) is 13.3. The zero-order chi connectivity index (χ0) is 22.0. The first kappa shape index (κ1) is 22.0. The van der Waals surface area contributed by atoms with E-state index in [-0.39, 0.29) is 16.8 Å². The van der Waals surface area contributed by atoms with Gasteiger partial charge >= 0.3 is 0 Å². The molecule has 1 fully saturated rings. The molecule has 6 heteroatoms. The molecule has 2 aromatic rings. The third-order valence-corrected chi connectivity index (χ3v) is 8.52. The summed E-state index contributed by atoms with van der Waals surface area (Å²) >= 11 is 0. The lowest BCUT2D eigenvalue weighted by Gasteiger charge is -2.21. The van der Waals surface area contributed by atoms with Crippen molar-refractivity contribution in [1.82, 2.24) is 9.62 Å². The number of carbonyl (C=O) groups excluding carboxylic acids is 1. The first-order chi connectivity index (χ1) is 14.9. The molecule has 0 unspecified atom stereocenters. The van der Waals surface area contributed by atoms with Crippen LogP contribution in [-0.2, 0) is 22.9 Å². The summed E-state index contributed by atoms with van der Waals surface area (Å²) in [5.41, 5.74) is 5.06. The van der Waals surface area contributed by atoms with Crippen molar-refractivity contribution >= 4 is 15.9 Å². The number of nitrogens with one attached hydrogen (secondary N) is 1. The second-order valence-electron chi connectivity index (χ2n) is 8.87. The number of carbonyl (C=O) groups is 1. The van der Waals surface area contributed by atoms with Crippen LogP contribution in [0.25, 0.3) is 0 Å². The molecule has 0 saturated carbocycles. The fourth-order valence-corrected chi connectivity index (χ4v) is 6.20. The fourth-order valence-electron chi connectivity index (χ4n) is 4.66. The number of benzene rings is 2. The van der Waals surface area contributed by atoms with E-state index in [1.54, 1.807) is 22.5 Å². The SMILES string of the molecule is Cc1ccc(S(=O)(=O)N2CCCCCC2)cc1C(=O)N[C@@H](C)c1ccc2c(c1)CCC2. The van der Waals surface area contributed by atoms with Gasteiger partial charge in [-0.05, 0) is 80.3 Å². The van der Waals surface area contributed by atoms with Gasteiger partial charge in [0.05, 0.1) is 10.9 Å². The number of hydrogen-bond acceptors (Lipinski definition) is 3. The highest BCUT2D eigenvalue weighted by molar-refractivity contribution is 7.89. The van der Waals surface area contributed by atoms with E-state index in [1.165, 1.54) is 17.5 Å². The second kappa shape index (κ2) is 9.13. The maximum Gasteiger partial charge on any atom is 0.252 e. The molecule has 1 saturated heterocycles. The zero-order valence-electron chi connectivity index (χ0n) is 18.5. The summed E-state index contributed by atoms with van der Waals surface area (Å²) < 4.78 is 27.9. The minimum atomic E-state index is -3.59. The first-order valence-corrected chi connectivity index (χ1v) is 12.8. The summed E-state index contributed by atoms with van der Waals surface area (Å²) in [7, 11) is -3.59. The molecule has 0 radical (unpaired) electrons. The monoisotopic (exact) mass is 440 g/mol. The van der Waals surface area contributed by atoms with Gasteiger partial charge in [0, 0.05) is 18.7 Å². The number of rotatable bonds is 5. The van der Waals surface area contributed by atoms with Gasteiger partial charge in [0.2, 0.25) is 10.0 Å². The predicted octanol–water partition coefficient (Wildman–Crippen LogP) is 4.54. The van der Waals surface area contributed by atoms with Gasteiger partial charge in [0.25, 0.3) is 5.91 Å². The molecular formula is C25H32N2O3S. The molecule has 4 rings (SSSR count). The molecule has 166 valence electrons. The van der Waals surface area contributed by atoms with Crippen molar-refractivity contribution in [3.63, 3.8) is 0 Å². The highest BCUT2D eigenvalue weighted by Crippen LogP contribution is 2.26. The number of fused-ring (bicyclic) bond motifs is 1. The minimum Gasteiger partial charge on any atom is -0.346 e. The Kier molecular flexibility index (Phi) is 6.49. The molecule has 2 aliphatic rings. The second-order valence-corrected chi connectivity index (χ2v) is 10.8. The van der Waals surface area contributed by atoms with Crippen molar-refractivity contribution in [2.45, 2.75) is 69.7 Å². The summed E-state index contributed by atoms with van der Waals surface area (Å²) in [6.07, 6.45) is 7.32. The third-order valence-electron chi connectivity index (χ3n) is 6.63. The van der Waals surface area contributed by atoms with Gasteiger partial charge in [-0.1, -0.05) is 37.1 Å². The van der Waals surface area contributed by atoms with E-state index in [2.05, 4.69) is 23.5 Å². The maximum absolute atomic E-state index is 13.2. The van der Waals surface area contributed by atoms with Crippen molar-refractivity contribution in [2.24, 2.45) is 0 Å². The van der Waals surface area contributed by atoms with Gasteiger partial charge in [0.15, 0.2) is 0 Å². The van der Waals surface area contributed by atoms with Gasteiger partial charge < -0.3 is 5.32 Å². The minimum absolute atomic E-state index is 0.149. The third kappa shape index (κ3) is 4.70. The Bertz CT molecular complexity index is 1070. The Hall–Kier alpha value is -2.18. The number of nitrogens with zero attached hydrogens (tertiary/aromatic N) is 1. The summed E-state index contributed by atoms with van der Waals surface area (Å²) in [6.45, 7) is 4.92. The standard InChI is InChI=1S/C25H32N2O3S/c1-18-10-13-23(31(29,30)27-14-5-3-4-6-15-27)17-24(18)25(28)26-19(2)21-12-11-20-8-7-9-22(20)16-21/h10-13,16-17,19H,3-9,14-15H2,1-2H3,(H,26,28)/t19-/m0/s1. The topological polar surface area (TPSA) is 66.5 Å². The Labute approximate surface area is 185 Å². The molecule has 1 aliphatic heterocycles. The van der Waals surface area contributed by atoms with Crippen LogP contribution in [0.4, 0.5) is 0 Å². The molecule has 0 aromatic heterocycles. The van der Waals surface area contributed by atoms with E-state index < -0.39 is 10.0 Å². The molecule has 0 bridgehead atoms. The molecule has 1 aliphatic carbocycles. The van der Waals surface area contributed by atoms with Gasteiger partial charge in [-0.25, -0.2) is 8.42 Å². The molecule has 1 amide bonds. The zero-order valence-corrected chi connectivity index (χ0v) is 19.3. The highest BCUT2D eigenvalue weighted by Gasteiger charge is 2.26. The van der Waals surface area contributed by atoms with E-state index >= 15 is 0 Å². The Morgan fingerprint density at radius 2 is 1.65 bits per heavy atom. The largest absolute Gasteiger partial charge is 0.346 e. The van der Waals surface area contributed by atoms with Crippen LogP contribution in [0.15, 0.2) is 41.3 Å². The van der Waals surface area contributed by atoms with E-state index in [1.807, 2.05) is 13.8 Å². The van der Waals surface area contributed by atoms with Crippen LogP contribution in [0.5, 0.6) is 0 Å². The van der Waals surface area contributed by atoms with Crippen LogP contribution < -0.4 is 5.32 Å². The fraction of sp³-hybridized carbons (Fsp3) is 0.480. The first-order valence-electron chi connectivity index (χ1n) is 11.4. The highest BCUT2D eigenvalue weighted by atomic mass is 32.2. The summed E-state index contributed by atoms with van der Waals surface area (Å²) in [5.74, 6) is -0.238. The Balaban J connectivity index is 1.54. The Morgan fingerprint density at radius 3 is 2.39 bits per heavy atom. The summed E-state index contributed by atoms with van der Waals surface area (Å²) in [6, 6.07) is 11.2. The van der Waals surface area contributed by atoms with Gasteiger partial charge in [-0.2, -0.15) is 4.31 Å². The van der Waals surface area contributed by atoms with E-state index in [4.69, 9.17) is 0 Å².